The molecule has 0 radical (unpaired) electrons. The molecule has 2 heteroatoms. The molecule has 0 saturated heterocycles. The first-order valence-corrected chi connectivity index (χ1v) is 3.64. The van der Waals surface area contributed by atoms with E-state index in [2.05, 4.69) is 0 Å². The van der Waals surface area contributed by atoms with Crippen LogP contribution in [0.1, 0.15) is 33.1 Å². The van der Waals surface area contributed by atoms with E-state index in [-0.39, 0.29) is 12.1 Å². The summed E-state index contributed by atoms with van der Waals surface area (Å²) >= 11 is 0. The van der Waals surface area contributed by atoms with Gasteiger partial charge >= 0.3 is 0 Å². The van der Waals surface area contributed by atoms with Crippen LogP contribution in [0.2, 0.25) is 0 Å². The van der Waals surface area contributed by atoms with Crippen LogP contribution in [-0.2, 0) is 0 Å². The van der Waals surface area contributed by atoms with Crippen molar-refractivity contribution < 1.29 is 5.11 Å². The van der Waals surface area contributed by atoms with Crippen molar-refractivity contribution in [2.24, 2.45) is 5.73 Å². The van der Waals surface area contributed by atoms with Gasteiger partial charge in [0.15, 0.2) is 0 Å². The quantitative estimate of drug-likeness (QED) is 0.595. The SMILES string of the molecule is CC[C@@H](N)C[C@H](O)CC. The van der Waals surface area contributed by atoms with Crippen LogP contribution in [0.25, 0.3) is 0 Å². The lowest BCUT2D eigenvalue weighted by Gasteiger charge is -2.12. The van der Waals surface area contributed by atoms with Gasteiger partial charge in [-0.2, -0.15) is 0 Å². The van der Waals surface area contributed by atoms with Crippen LogP contribution in [0, 0.1) is 0 Å². The van der Waals surface area contributed by atoms with E-state index in [0.29, 0.717) is 0 Å². The number of aliphatic hydroxyl groups is 1. The maximum atomic E-state index is 9.08. The Balaban J connectivity index is 3.22. The molecule has 2 atom stereocenters. The highest BCUT2D eigenvalue weighted by atomic mass is 16.3. The van der Waals surface area contributed by atoms with Crippen LogP contribution in [0.15, 0.2) is 0 Å². The predicted octanol–water partition coefficient (Wildman–Crippen LogP) is 0.885. The van der Waals surface area contributed by atoms with Crippen molar-refractivity contribution in [2.75, 3.05) is 0 Å². The molecule has 0 aromatic heterocycles. The van der Waals surface area contributed by atoms with Gasteiger partial charge in [-0.15, -0.1) is 0 Å². The van der Waals surface area contributed by atoms with Crippen molar-refractivity contribution in [1.82, 2.24) is 0 Å². The summed E-state index contributed by atoms with van der Waals surface area (Å²) in [6, 6.07) is 0.181. The van der Waals surface area contributed by atoms with Gasteiger partial charge in [0.1, 0.15) is 0 Å². The molecule has 0 heterocycles. The van der Waals surface area contributed by atoms with Gasteiger partial charge in [-0.1, -0.05) is 13.8 Å². The minimum Gasteiger partial charge on any atom is -0.393 e. The summed E-state index contributed by atoms with van der Waals surface area (Å²) in [7, 11) is 0. The van der Waals surface area contributed by atoms with Crippen molar-refractivity contribution in [1.29, 1.82) is 0 Å². The summed E-state index contributed by atoms with van der Waals surface area (Å²) in [5.74, 6) is 0. The monoisotopic (exact) mass is 131 g/mol. The molecule has 0 fully saturated rings. The summed E-state index contributed by atoms with van der Waals surface area (Å²) in [5.41, 5.74) is 5.59. The molecule has 2 nitrogen and oxygen atoms in total. The average Bonchev–Trinajstić information content (AvgIpc) is 1.87. The zero-order valence-corrected chi connectivity index (χ0v) is 6.30. The topological polar surface area (TPSA) is 46.2 Å². The lowest BCUT2D eigenvalue weighted by atomic mass is 10.1. The molecule has 0 aliphatic carbocycles. The fourth-order valence-corrected chi connectivity index (χ4v) is 0.683. The first-order valence-electron chi connectivity index (χ1n) is 3.64. The van der Waals surface area contributed by atoms with Gasteiger partial charge < -0.3 is 10.8 Å². The van der Waals surface area contributed by atoms with E-state index in [0.717, 1.165) is 19.3 Å². The normalized spacial score (nSPS) is 17.3. The molecule has 3 N–H and O–H groups in total. The summed E-state index contributed by atoms with van der Waals surface area (Å²) in [6.07, 6.45) is 2.32. The molecule has 0 aliphatic rings. The van der Waals surface area contributed by atoms with Crippen LogP contribution in [0.4, 0.5) is 0 Å². The molecule has 0 aliphatic heterocycles. The Hall–Kier alpha value is -0.0800. The summed E-state index contributed by atoms with van der Waals surface area (Å²) < 4.78 is 0. The fourth-order valence-electron chi connectivity index (χ4n) is 0.683. The van der Waals surface area contributed by atoms with Gasteiger partial charge in [-0.3, -0.25) is 0 Å². The minimum atomic E-state index is -0.194. The van der Waals surface area contributed by atoms with Gasteiger partial charge in [-0.05, 0) is 19.3 Å². The summed E-state index contributed by atoms with van der Waals surface area (Å²) in [5, 5.41) is 9.08. The molecule has 0 amide bonds. The first-order chi connectivity index (χ1) is 4.20. The Bertz CT molecular complexity index is 57.9. The van der Waals surface area contributed by atoms with Gasteiger partial charge in [0.2, 0.25) is 0 Å². The number of hydrogen-bond donors (Lipinski definition) is 2. The van der Waals surface area contributed by atoms with Crippen LogP contribution >= 0.6 is 0 Å². The van der Waals surface area contributed by atoms with Crippen LogP contribution in [0.3, 0.4) is 0 Å². The molecular weight excluding hydrogens is 114 g/mol. The van der Waals surface area contributed by atoms with E-state index in [1.54, 1.807) is 0 Å². The Morgan fingerprint density at radius 3 is 2.22 bits per heavy atom. The molecular formula is C7H17NO. The van der Waals surface area contributed by atoms with Crippen molar-refractivity contribution in [2.45, 2.75) is 45.3 Å². The summed E-state index contributed by atoms with van der Waals surface area (Å²) in [4.78, 5) is 0. The van der Waals surface area contributed by atoms with Crippen molar-refractivity contribution in [3.05, 3.63) is 0 Å². The highest BCUT2D eigenvalue weighted by Gasteiger charge is 2.05. The fraction of sp³-hybridized carbons (Fsp3) is 1.00. The third-order valence-corrected chi connectivity index (χ3v) is 1.57. The third-order valence-electron chi connectivity index (χ3n) is 1.57. The second kappa shape index (κ2) is 4.77. The Labute approximate surface area is 57.1 Å². The predicted molar refractivity (Wildman–Crippen MR) is 39.2 cm³/mol. The van der Waals surface area contributed by atoms with Crippen LogP contribution in [-0.4, -0.2) is 17.3 Å². The molecule has 0 bridgehead atoms. The standard InChI is InChI=1S/C7H17NO/c1-3-6(8)5-7(9)4-2/h6-7,9H,3-5,8H2,1-2H3/t6-,7-/m1/s1. The highest BCUT2D eigenvalue weighted by Crippen LogP contribution is 2.01. The van der Waals surface area contributed by atoms with Crippen LogP contribution in [0.5, 0.6) is 0 Å². The molecule has 0 aromatic rings. The average molecular weight is 131 g/mol. The van der Waals surface area contributed by atoms with Gasteiger partial charge in [-0.25, -0.2) is 0 Å². The molecule has 0 saturated carbocycles. The minimum absolute atomic E-state index is 0.181. The van der Waals surface area contributed by atoms with E-state index in [1.165, 1.54) is 0 Å². The molecule has 0 unspecified atom stereocenters. The Morgan fingerprint density at radius 2 is 1.89 bits per heavy atom. The van der Waals surface area contributed by atoms with Crippen molar-refractivity contribution >= 4 is 0 Å². The van der Waals surface area contributed by atoms with Crippen LogP contribution < -0.4 is 5.73 Å². The summed E-state index contributed by atoms with van der Waals surface area (Å²) in [6.45, 7) is 4.00. The van der Waals surface area contributed by atoms with E-state index in [1.807, 2.05) is 13.8 Å². The smallest absolute Gasteiger partial charge is 0.0552 e. The lowest BCUT2D eigenvalue weighted by molar-refractivity contribution is 0.150. The molecule has 56 valence electrons. The van der Waals surface area contributed by atoms with E-state index in [9.17, 15) is 0 Å². The van der Waals surface area contributed by atoms with Gasteiger partial charge in [0.25, 0.3) is 0 Å². The van der Waals surface area contributed by atoms with Crippen molar-refractivity contribution in [3.8, 4) is 0 Å². The zero-order chi connectivity index (χ0) is 7.28. The van der Waals surface area contributed by atoms with E-state index >= 15 is 0 Å². The Morgan fingerprint density at radius 1 is 1.33 bits per heavy atom. The molecule has 0 rings (SSSR count). The number of aliphatic hydroxyl groups excluding tert-OH is 1. The second-order valence-corrected chi connectivity index (χ2v) is 2.47. The van der Waals surface area contributed by atoms with E-state index < -0.39 is 0 Å². The first kappa shape index (κ1) is 8.92. The third kappa shape index (κ3) is 4.43. The van der Waals surface area contributed by atoms with Gasteiger partial charge in [0, 0.05) is 6.04 Å². The number of hydrogen-bond acceptors (Lipinski definition) is 2. The number of nitrogens with two attached hydrogens (primary N) is 1. The zero-order valence-electron chi connectivity index (χ0n) is 6.30. The molecule has 9 heavy (non-hydrogen) atoms. The molecule has 0 aromatic carbocycles. The number of rotatable bonds is 4. The maximum absolute atomic E-state index is 9.08. The molecule has 0 spiro atoms. The largest absolute Gasteiger partial charge is 0.393 e. The van der Waals surface area contributed by atoms with Crippen molar-refractivity contribution in [3.63, 3.8) is 0 Å². The van der Waals surface area contributed by atoms with Gasteiger partial charge in [0.05, 0.1) is 6.10 Å². The van der Waals surface area contributed by atoms with E-state index in [4.69, 9.17) is 10.8 Å². The lowest BCUT2D eigenvalue weighted by Crippen LogP contribution is -2.24. The maximum Gasteiger partial charge on any atom is 0.0552 e. The highest BCUT2D eigenvalue weighted by molar-refractivity contribution is 4.63. The Kier molecular flexibility index (Phi) is 4.72. The second-order valence-electron chi connectivity index (χ2n) is 2.47.